The number of anilines is 1. The molecule has 2 amide bonds. The molecule has 1 saturated heterocycles. The molecule has 2 atom stereocenters. The van der Waals surface area contributed by atoms with Crippen molar-refractivity contribution in [3.8, 4) is 5.75 Å². The van der Waals surface area contributed by atoms with Gasteiger partial charge in [0.2, 0.25) is 5.91 Å². The molecule has 0 bridgehead atoms. The number of ether oxygens (including phenoxy) is 2. The van der Waals surface area contributed by atoms with Crippen molar-refractivity contribution in [2.45, 2.75) is 31.4 Å². The number of hydrogen-bond donors (Lipinski definition) is 2. The van der Waals surface area contributed by atoms with Gasteiger partial charge in [0.25, 0.3) is 5.91 Å². The van der Waals surface area contributed by atoms with Crippen molar-refractivity contribution in [3.05, 3.63) is 24.3 Å². The van der Waals surface area contributed by atoms with Crippen molar-refractivity contribution in [2.75, 3.05) is 25.6 Å². The van der Waals surface area contributed by atoms with Gasteiger partial charge in [0.15, 0.2) is 6.61 Å². The van der Waals surface area contributed by atoms with Gasteiger partial charge in [-0.25, -0.2) is 4.79 Å². The van der Waals surface area contributed by atoms with E-state index in [2.05, 4.69) is 5.32 Å². The zero-order valence-electron chi connectivity index (χ0n) is 14.5. The van der Waals surface area contributed by atoms with Gasteiger partial charge in [-0.2, -0.15) is 0 Å². The van der Waals surface area contributed by atoms with Crippen molar-refractivity contribution in [1.29, 1.82) is 0 Å². The Bertz CT molecular complexity index is 703. The number of nitrogens with one attached hydrogen (secondary N) is 1. The molecule has 2 aliphatic rings. The molecule has 2 N–H and O–H groups in total. The van der Waals surface area contributed by atoms with Crippen LogP contribution in [0.1, 0.15) is 19.3 Å². The quantitative estimate of drug-likeness (QED) is 0.753. The molecule has 8 nitrogen and oxygen atoms in total. The molecule has 1 saturated carbocycles. The Balaban J connectivity index is 1.57. The van der Waals surface area contributed by atoms with Gasteiger partial charge in [-0.1, -0.05) is 6.07 Å². The van der Waals surface area contributed by atoms with E-state index < -0.39 is 17.9 Å². The van der Waals surface area contributed by atoms with Crippen LogP contribution in [0.5, 0.6) is 5.75 Å². The van der Waals surface area contributed by atoms with E-state index in [-0.39, 0.29) is 37.5 Å². The highest BCUT2D eigenvalue weighted by atomic mass is 16.5. The van der Waals surface area contributed by atoms with Crippen molar-refractivity contribution in [1.82, 2.24) is 4.90 Å². The zero-order chi connectivity index (χ0) is 18.7. The molecule has 0 spiro atoms. The molecular formula is C18H22N2O6. The van der Waals surface area contributed by atoms with Crippen molar-refractivity contribution >= 4 is 23.5 Å². The summed E-state index contributed by atoms with van der Waals surface area (Å²) in [6.07, 6.45) is 1.81. The third-order valence-corrected chi connectivity index (χ3v) is 4.61. The first-order valence-electron chi connectivity index (χ1n) is 8.56. The second-order valence-electron chi connectivity index (χ2n) is 6.57. The molecule has 0 radical (unpaired) electrons. The molecule has 1 aromatic carbocycles. The monoisotopic (exact) mass is 362 g/mol. The van der Waals surface area contributed by atoms with Crippen molar-refractivity contribution < 1.29 is 29.0 Å². The number of benzene rings is 1. The second-order valence-corrected chi connectivity index (χ2v) is 6.57. The molecule has 0 aromatic heterocycles. The molecule has 1 aromatic rings. The molecule has 1 heterocycles. The average Bonchev–Trinajstić information content (AvgIpc) is 3.38. The summed E-state index contributed by atoms with van der Waals surface area (Å²) in [5, 5.41) is 12.1. The lowest BCUT2D eigenvalue weighted by molar-refractivity contribution is -0.148. The van der Waals surface area contributed by atoms with Crippen LogP contribution in [0.3, 0.4) is 0 Å². The lowest BCUT2D eigenvalue weighted by Gasteiger charge is -2.21. The predicted molar refractivity (Wildman–Crippen MR) is 91.8 cm³/mol. The van der Waals surface area contributed by atoms with E-state index in [0.717, 1.165) is 12.8 Å². The maximum Gasteiger partial charge on any atom is 0.326 e. The number of likely N-dealkylation sites (tertiary alicyclic amines) is 1. The average molecular weight is 362 g/mol. The minimum atomic E-state index is -1.05. The van der Waals surface area contributed by atoms with Crippen molar-refractivity contribution in [2.24, 2.45) is 5.92 Å². The van der Waals surface area contributed by atoms with E-state index in [1.165, 1.54) is 12.0 Å². The fraction of sp³-hybridized carbons (Fsp3) is 0.500. The van der Waals surface area contributed by atoms with Gasteiger partial charge in [-0.15, -0.1) is 0 Å². The van der Waals surface area contributed by atoms with E-state index in [4.69, 9.17) is 9.47 Å². The minimum absolute atomic E-state index is 0.00907. The molecule has 140 valence electrons. The number of carbonyl (C=O) groups excluding carboxylic acids is 2. The highest BCUT2D eigenvalue weighted by Crippen LogP contribution is 2.30. The summed E-state index contributed by atoms with van der Waals surface area (Å²) < 4.78 is 10.7. The maximum atomic E-state index is 12.4. The number of nitrogens with zero attached hydrogens (tertiary/aromatic N) is 1. The maximum absolute atomic E-state index is 12.4. The lowest BCUT2D eigenvalue weighted by Crippen LogP contribution is -2.43. The van der Waals surface area contributed by atoms with Gasteiger partial charge in [0.1, 0.15) is 11.8 Å². The number of carbonyl (C=O) groups is 3. The number of carboxylic acids is 1. The Morgan fingerprint density at radius 1 is 1.31 bits per heavy atom. The SMILES string of the molecule is COC1CC(C(=O)O)N(C(=O)COc2cccc(NC(=O)C3CC3)c2)C1. The second kappa shape index (κ2) is 7.74. The molecule has 1 aliphatic heterocycles. The topological polar surface area (TPSA) is 105 Å². The lowest BCUT2D eigenvalue weighted by atomic mass is 10.2. The third kappa shape index (κ3) is 4.32. The zero-order valence-corrected chi connectivity index (χ0v) is 14.5. The van der Waals surface area contributed by atoms with Gasteiger partial charge >= 0.3 is 5.97 Å². The Kier molecular flexibility index (Phi) is 5.41. The summed E-state index contributed by atoms with van der Waals surface area (Å²) >= 11 is 0. The summed E-state index contributed by atoms with van der Waals surface area (Å²) in [7, 11) is 1.50. The fourth-order valence-electron chi connectivity index (χ4n) is 2.96. The highest BCUT2D eigenvalue weighted by molar-refractivity contribution is 5.94. The van der Waals surface area contributed by atoms with Crippen LogP contribution in [0.25, 0.3) is 0 Å². The smallest absolute Gasteiger partial charge is 0.326 e. The first-order chi connectivity index (χ1) is 12.5. The number of hydrogen-bond acceptors (Lipinski definition) is 5. The van der Waals surface area contributed by atoms with Crippen LogP contribution in [-0.4, -0.2) is 60.2 Å². The van der Waals surface area contributed by atoms with Gasteiger partial charge in [-0.3, -0.25) is 9.59 Å². The Hall–Kier alpha value is -2.61. The molecule has 2 unspecified atom stereocenters. The van der Waals surface area contributed by atoms with E-state index >= 15 is 0 Å². The molecular weight excluding hydrogens is 340 g/mol. The van der Waals surface area contributed by atoms with Gasteiger partial charge in [-0.05, 0) is 25.0 Å². The number of carboxylic acid groups (broad SMARTS) is 1. The summed E-state index contributed by atoms with van der Waals surface area (Å²) in [6, 6.07) is 5.89. The Labute approximate surface area is 151 Å². The molecule has 1 aliphatic carbocycles. The van der Waals surface area contributed by atoms with E-state index in [1.807, 2.05) is 0 Å². The van der Waals surface area contributed by atoms with Gasteiger partial charge in [0.05, 0.1) is 6.10 Å². The predicted octanol–water partition coefficient (Wildman–Crippen LogP) is 1.11. The number of rotatable bonds is 7. The van der Waals surface area contributed by atoms with Gasteiger partial charge in [0, 0.05) is 37.7 Å². The largest absolute Gasteiger partial charge is 0.484 e. The standard InChI is InChI=1S/C18H22N2O6/c1-25-14-8-15(18(23)24)20(9-14)16(21)10-26-13-4-2-3-12(7-13)19-17(22)11-5-6-11/h2-4,7,11,14-15H,5-6,8-10H2,1H3,(H,19,22)(H,23,24). The molecule has 3 rings (SSSR count). The van der Waals surface area contributed by atoms with Crippen LogP contribution in [-0.2, 0) is 19.1 Å². The number of amides is 2. The third-order valence-electron chi connectivity index (χ3n) is 4.61. The van der Waals surface area contributed by atoms with Crippen LogP contribution in [0.4, 0.5) is 5.69 Å². The van der Waals surface area contributed by atoms with Crippen LogP contribution < -0.4 is 10.1 Å². The van der Waals surface area contributed by atoms with E-state index in [1.54, 1.807) is 24.3 Å². The summed E-state index contributed by atoms with van der Waals surface area (Å²) in [5.41, 5.74) is 0.607. The molecule has 26 heavy (non-hydrogen) atoms. The summed E-state index contributed by atoms with van der Waals surface area (Å²) in [4.78, 5) is 36.8. The van der Waals surface area contributed by atoms with Crippen LogP contribution in [0.2, 0.25) is 0 Å². The molecule has 8 heteroatoms. The normalized spacial score (nSPS) is 22.1. The number of aliphatic carboxylic acids is 1. The van der Waals surface area contributed by atoms with E-state index in [0.29, 0.717) is 11.4 Å². The van der Waals surface area contributed by atoms with Gasteiger partial charge < -0.3 is 24.8 Å². The fourth-order valence-corrected chi connectivity index (χ4v) is 2.96. The molecule has 2 fully saturated rings. The Morgan fingerprint density at radius 3 is 2.73 bits per heavy atom. The summed E-state index contributed by atoms with van der Waals surface area (Å²) in [6.45, 7) is -0.0482. The van der Waals surface area contributed by atoms with Crippen LogP contribution >= 0.6 is 0 Å². The van der Waals surface area contributed by atoms with Crippen molar-refractivity contribution in [3.63, 3.8) is 0 Å². The highest BCUT2D eigenvalue weighted by Gasteiger charge is 2.39. The first kappa shape index (κ1) is 18.2. The first-order valence-corrected chi connectivity index (χ1v) is 8.56. The van der Waals surface area contributed by atoms with E-state index in [9.17, 15) is 19.5 Å². The van der Waals surface area contributed by atoms with Crippen LogP contribution in [0, 0.1) is 5.92 Å². The Morgan fingerprint density at radius 2 is 2.08 bits per heavy atom. The minimum Gasteiger partial charge on any atom is -0.484 e. The number of methoxy groups -OCH3 is 1. The van der Waals surface area contributed by atoms with Crippen LogP contribution in [0.15, 0.2) is 24.3 Å². The summed E-state index contributed by atoms with van der Waals surface area (Å²) in [5.74, 6) is -0.948.